The minimum Gasteiger partial charge on any atom is -0.378 e. The molecule has 1 N–H and O–H groups in total. The van der Waals surface area contributed by atoms with Gasteiger partial charge in [0.2, 0.25) is 0 Å². The van der Waals surface area contributed by atoms with Gasteiger partial charge in [-0.15, -0.1) is 0 Å². The Labute approximate surface area is 132 Å². The zero-order chi connectivity index (χ0) is 15.4. The van der Waals surface area contributed by atoms with Crippen molar-refractivity contribution in [2.24, 2.45) is 5.92 Å². The van der Waals surface area contributed by atoms with Gasteiger partial charge < -0.3 is 15.0 Å². The van der Waals surface area contributed by atoms with Crippen LogP contribution in [0.2, 0.25) is 0 Å². The third kappa shape index (κ3) is 4.19. The van der Waals surface area contributed by atoms with Crippen molar-refractivity contribution < 1.29 is 9.53 Å². The summed E-state index contributed by atoms with van der Waals surface area (Å²) in [5, 5.41) is 3.06. The number of carbonyl (C=O) groups excluding carboxylic acids is 1. The smallest absolute Gasteiger partial charge is 0.270 e. The first kappa shape index (κ1) is 15.3. The third-order valence-electron chi connectivity index (χ3n) is 4.43. The van der Waals surface area contributed by atoms with Gasteiger partial charge in [0, 0.05) is 31.0 Å². The Balaban J connectivity index is 1.56. The Bertz CT molecular complexity index is 510. The van der Waals surface area contributed by atoms with E-state index >= 15 is 0 Å². The highest BCUT2D eigenvalue weighted by molar-refractivity contribution is 5.93. The molecule has 0 unspecified atom stereocenters. The molecule has 1 aliphatic carbocycles. The summed E-state index contributed by atoms with van der Waals surface area (Å²) in [7, 11) is 0. The Hall–Kier alpha value is -1.62. The van der Waals surface area contributed by atoms with Gasteiger partial charge in [-0.1, -0.05) is 12.8 Å². The second-order valence-corrected chi connectivity index (χ2v) is 6.39. The molecule has 5 heteroatoms. The fraction of sp³-hybridized carbons (Fsp3) is 0.647. The zero-order valence-electron chi connectivity index (χ0n) is 13.3. The van der Waals surface area contributed by atoms with Crippen molar-refractivity contribution in [1.82, 2.24) is 10.3 Å². The number of amides is 1. The van der Waals surface area contributed by atoms with E-state index in [0.29, 0.717) is 5.69 Å². The molecule has 3 rings (SSSR count). The summed E-state index contributed by atoms with van der Waals surface area (Å²) in [6.45, 7) is 5.28. The largest absolute Gasteiger partial charge is 0.378 e. The lowest BCUT2D eigenvalue weighted by Gasteiger charge is -2.28. The number of rotatable bonds is 6. The van der Waals surface area contributed by atoms with E-state index in [1.807, 2.05) is 12.1 Å². The Morgan fingerprint density at radius 2 is 2.23 bits per heavy atom. The number of morpholine rings is 1. The van der Waals surface area contributed by atoms with Gasteiger partial charge in [-0.2, -0.15) is 0 Å². The van der Waals surface area contributed by atoms with Crippen molar-refractivity contribution in [2.75, 3.05) is 31.2 Å². The number of pyridine rings is 1. The van der Waals surface area contributed by atoms with Gasteiger partial charge in [0.05, 0.1) is 13.2 Å². The first-order valence-corrected chi connectivity index (χ1v) is 8.32. The van der Waals surface area contributed by atoms with Crippen molar-refractivity contribution in [3.8, 4) is 0 Å². The molecule has 1 aliphatic heterocycles. The lowest BCUT2D eigenvalue weighted by molar-refractivity contribution is 0.0932. The summed E-state index contributed by atoms with van der Waals surface area (Å²) in [6.07, 6.45) is 6.73. The lowest BCUT2D eigenvalue weighted by Crippen LogP contribution is -2.37. The van der Waals surface area contributed by atoms with Crippen LogP contribution in [0.4, 0.5) is 5.69 Å². The highest BCUT2D eigenvalue weighted by atomic mass is 16.5. The molecule has 2 fully saturated rings. The van der Waals surface area contributed by atoms with Crippen molar-refractivity contribution in [3.63, 3.8) is 0 Å². The highest BCUT2D eigenvalue weighted by Gasteiger charge is 2.22. The third-order valence-corrected chi connectivity index (χ3v) is 4.43. The molecule has 120 valence electrons. The summed E-state index contributed by atoms with van der Waals surface area (Å²) < 4.78 is 5.37. The molecule has 2 aliphatic rings. The van der Waals surface area contributed by atoms with Crippen molar-refractivity contribution in [1.29, 1.82) is 0 Å². The molecule has 2 heterocycles. The summed E-state index contributed by atoms with van der Waals surface area (Å²) in [4.78, 5) is 18.8. The molecule has 1 saturated carbocycles. The predicted octanol–water partition coefficient (Wildman–Crippen LogP) is 2.23. The number of ether oxygens (including phenoxy) is 1. The van der Waals surface area contributed by atoms with Gasteiger partial charge in [0.1, 0.15) is 5.69 Å². The quantitative estimate of drug-likeness (QED) is 0.875. The maximum absolute atomic E-state index is 12.3. The number of aromatic nitrogens is 1. The van der Waals surface area contributed by atoms with Gasteiger partial charge in [-0.05, 0) is 37.8 Å². The Kier molecular flexibility index (Phi) is 4.93. The van der Waals surface area contributed by atoms with E-state index in [-0.39, 0.29) is 11.9 Å². The Morgan fingerprint density at radius 1 is 1.45 bits per heavy atom. The fourth-order valence-corrected chi connectivity index (χ4v) is 2.82. The summed E-state index contributed by atoms with van der Waals surface area (Å²) in [5.74, 6) is 0.834. The van der Waals surface area contributed by atoms with Crippen LogP contribution in [0.25, 0.3) is 0 Å². The minimum absolute atomic E-state index is 0.0709. The number of anilines is 1. The maximum atomic E-state index is 12.3. The summed E-state index contributed by atoms with van der Waals surface area (Å²) >= 11 is 0. The van der Waals surface area contributed by atoms with Crippen LogP contribution in [0.1, 0.15) is 43.1 Å². The first-order chi connectivity index (χ1) is 10.7. The van der Waals surface area contributed by atoms with E-state index in [1.54, 1.807) is 6.20 Å². The molecule has 0 bridgehead atoms. The summed E-state index contributed by atoms with van der Waals surface area (Å²) in [6, 6.07) is 4.05. The normalized spacial score (nSPS) is 19.8. The average Bonchev–Trinajstić information content (AvgIpc) is 3.38. The molecule has 0 radical (unpaired) electrons. The number of nitrogens with zero attached hydrogens (tertiary/aromatic N) is 2. The molecule has 1 aromatic heterocycles. The predicted molar refractivity (Wildman–Crippen MR) is 86.2 cm³/mol. The van der Waals surface area contributed by atoms with Gasteiger partial charge in [0.25, 0.3) is 5.91 Å². The van der Waals surface area contributed by atoms with E-state index in [4.69, 9.17) is 4.74 Å². The SMILES string of the molecule is C[C@H](CCC1CC1)NC(=O)c1cc(N2CCOCC2)ccn1. The highest BCUT2D eigenvalue weighted by Crippen LogP contribution is 2.33. The standard InChI is InChI=1S/C17H25N3O2/c1-13(2-3-14-4-5-14)19-17(21)16-12-15(6-7-18-16)20-8-10-22-11-9-20/h6-7,12-14H,2-5,8-11H2,1H3,(H,19,21)/t13-/m1/s1. The lowest BCUT2D eigenvalue weighted by atomic mass is 10.1. The second-order valence-electron chi connectivity index (χ2n) is 6.39. The van der Waals surface area contributed by atoms with E-state index in [0.717, 1.165) is 44.3 Å². The molecule has 0 spiro atoms. The minimum atomic E-state index is -0.0709. The maximum Gasteiger partial charge on any atom is 0.270 e. The van der Waals surface area contributed by atoms with Crippen LogP contribution in [0.15, 0.2) is 18.3 Å². The second kappa shape index (κ2) is 7.09. The molecule has 5 nitrogen and oxygen atoms in total. The Morgan fingerprint density at radius 3 is 2.95 bits per heavy atom. The molecule has 0 aromatic carbocycles. The average molecular weight is 303 g/mol. The molecular weight excluding hydrogens is 278 g/mol. The van der Waals surface area contributed by atoms with Crippen LogP contribution in [-0.4, -0.2) is 43.2 Å². The van der Waals surface area contributed by atoms with Crippen molar-refractivity contribution >= 4 is 11.6 Å². The monoisotopic (exact) mass is 303 g/mol. The van der Waals surface area contributed by atoms with Gasteiger partial charge in [0.15, 0.2) is 0 Å². The van der Waals surface area contributed by atoms with Crippen LogP contribution < -0.4 is 10.2 Å². The van der Waals surface area contributed by atoms with Crippen LogP contribution in [0, 0.1) is 5.92 Å². The van der Waals surface area contributed by atoms with Gasteiger partial charge in [-0.25, -0.2) is 0 Å². The molecule has 1 amide bonds. The van der Waals surface area contributed by atoms with Crippen LogP contribution in [0.5, 0.6) is 0 Å². The number of carbonyl (C=O) groups is 1. The van der Waals surface area contributed by atoms with Gasteiger partial charge >= 0.3 is 0 Å². The number of nitrogens with one attached hydrogen (secondary N) is 1. The zero-order valence-corrected chi connectivity index (χ0v) is 13.3. The van der Waals surface area contributed by atoms with Crippen LogP contribution in [0.3, 0.4) is 0 Å². The number of hydrogen-bond acceptors (Lipinski definition) is 4. The molecule has 1 atom stereocenters. The van der Waals surface area contributed by atoms with Crippen molar-refractivity contribution in [2.45, 2.75) is 38.6 Å². The number of hydrogen-bond donors (Lipinski definition) is 1. The topological polar surface area (TPSA) is 54.5 Å². The first-order valence-electron chi connectivity index (χ1n) is 8.32. The van der Waals surface area contributed by atoms with E-state index in [2.05, 4.69) is 22.1 Å². The van der Waals surface area contributed by atoms with Crippen LogP contribution in [-0.2, 0) is 4.74 Å². The molecule has 1 saturated heterocycles. The van der Waals surface area contributed by atoms with E-state index in [1.165, 1.54) is 19.3 Å². The summed E-state index contributed by atoms with van der Waals surface area (Å²) in [5.41, 5.74) is 1.55. The van der Waals surface area contributed by atoms with Crippen molar-refractivity contribution in [3.05, 3.63) is 24.0 Å². The van der Waals surface area contributed by atoms with E-state index in [9.17, 15) is 4.79 Å². The fourth-order valence-electron chi connectivity index (χ4n) is 2.82. The van der Waals surface area contributed by atoms with Crippen LogP contribution >= 0.6 is 0 Å². The molecule has 1 aromatic rings. The van der Waals surface area contributed by atoms with E-state index < -0.39 is 0 Å². The van der Waals surface area contributed by atoms with Gasteiger partial charge in [-0.3, -0.25) is 9.78 Å². The molecule has 22 heavy (non-hydrogen) atoms. The molecular formula is C17H25N3O2.